The van der Waals surface area contributed by atoms with Crippen LogP contribution in [0.5, 0.6) is 0 Å². The van der Waals surface area contributed by atoms with Gasteiger partial charge in [0.25, 0.3) is 8.32 Å². The van der Waals surface area contributed by atoms with E-state index in [2.05, 4.69) is 141 Å². The SMILES string of the molecule is C=C(C)[C@@H]1CC[C@]2(CO[Si](c3ccccc3)(c3ccccc3)C(C)(C)C)CC[C@]3(C)[C@H](CC[C@@H]4[C@@]5(C)CC=C(c6ccc(C(=O)OC)cc6)C(C)(C)[C@@H]5CC[C@]43C)[C@@H]12. The number of esters is 1. The molecular formula is C54H72O3Si. The Morgan fingerprint density at radius 2 is 1.38 bits per heavy atom. The molecule has 4 fully saturated rings. The molecule has 8 rings (SSSR count). The smallest absolute Gasteiger partial charge is 0.337 e. The van der Waals surface area contributed by atoms with Gasteiger partial charge in [-0.05, 0) is 160 Å². The molecule has 3 aromatic carbocycles. The van der Waals surface area contributed by atoms with Gasteiger partial charge >= 0.3 is 5.97 Å². The van der Waals surface area contributed by atoms with Crippen molar-refractivity contribution >= 4 is 30.2 Å². The van der Waals surface area contributed by atoms with Crippen LogP contribution in [0, 0.1) is 56.7 Å². The van der Waals surface area contributed by atoms with Crippen molar-refractivity contribution < 1.29 is 14.0 Å². The highest BCUT2D eigenvalue weighted by Crippen LogP contribution is 2.78. The monoisotopic (exact) mass is 797 g/mol. The first-order chi connectivity index (χ1) is 27.4. The van der Waals surface area contributed by atoms with Gasteiger partial charge in [-0.2, -0.15) is 0 Å². The van der Waals surface area contributed by atoms with E-state index in [1.807, 2.05) is 12.1 Å². The third kappa shape index (κ3) is 5.99. The number of methoxy groups -OCH3 is 1. The fourth-order valence-electron chi connectivity index (χ4n) is 15.6. The van der Waals surface area contributed by atoms with Crippen molar-refractivity contribution in [1.29, 1.82) is 0 Å². The van der Waals surface area contributed by atoms with E-state index in [0.717, 1.165) is 13.0 Å². The minimum Gasteiger partial charge on any atom is -0.465 e. The third-order valence-corrected chi connectivity index (χ3v) is 23.4. The summed E-state index contributed by atoms with van der Waals surface area (Å²) >= 11 is 0. The van der Waals surface area contributed by atoms with Gasteiger partial charge in [-0.25, -0.2) is 4.79 Å². The summed E-state index contributed by atoms with van der Waals surface area (Å²) in [6, 6.07) is 30.8. The number of fused-ring (bicyclic) bond motifs is 7. The molecule has 0 amide bonds. The average Bonchev–Trinajstić information content (AvgIpc) is 3.58. The van der Waals surface area contributed by atoms with Crippen LogP contribution in [-0.2, 0) is 9.16 Å². The van der Waals surface area contributed by atoms with Crippen LogP contribution in [0.4, 0.5) is 0 Å². The van der Waals surface area contributed by atoms with Crippen molar-refractivity contribution in [2.24, 2.45) is 56.7 Å². The van der Waals surface area contributed by atoms with E-state index in [0.29, 0.717) is 35.2 Å². The maximum Gasteiger partial charge on any atom is 0.337 e. The minimum absolute atomic E-state index is 0.0361. The van der Waals surface area contributed by atoms with Crippen molar-refractivity contribution in [2.75, 3.05) is 13.7 Å². The molecule has 0 unspecified atom stereocenters. The number of carbonyl (C=O) groups is 1. The number of rotatable bonds is 8. The standard InChI is InChI=1S/C54H72O3Si/c1-37(2)42-28-33-54(36-57-58(49(3,4)5,40-18-14-12-15-19-40)41-20-16-13-17-21-41)35-34-52(9)44(47(42)54)26-27-46-51(8)31-29-43(38-22-24-39(25-23-38)48(55)56-11)50(6,7)45(51)30-32-53(46,52)10/h12-25,29,42,44-47H,1,26-28,30-36H2,2-11H3/t42-,44+,45-,46+,47+,51-,52+,53+,54+/m0/s1. The summed E-state index contributed by atoms with van der Waals surface area (Å²) in [5, 5.41) is 2.74. The van der Waals surface area contributed by atoms with Crippen LogP contribution in [0.25, 0.3) is 5.57 Å². The number of hydrogen-bond donors (Lipinski definition) is 0. The molecule has 4 heteroatoms. The predicted octanol–water partition coefficient (Wildman–Crippen LogP) is 12.7. The lowest BCUT2D eigenvalue weighted by Crippen LogP contribution is -2.68. The second-order valence-corrected chi connectivity index (χ2v) is 26.4. The van der Waals surface area contributed by atoms with E-state index in [1.165, 1.54) is 85.6 Å². The Labute approximate surface area is 352 Å². The molecule has 310 valence electrons. The topological polar surface area (TPSA) is 35.5 Å². The van der Waals surface area contributed by atoms with Gasteiger partial charge in [0, 0.05) is 6.61 Å². The third-order valence-electron chi connectivity index (χ3n) is 18.4. The first kappa shape index (κ1) is 41.5. The highest BCUT2D eigenvalue weighted by molar-refractivity contribution is 6.99. The Morgan fingerprint density at radius 1 is 0.759 bits per heavy atom. The lowest BCUT2D eigenvalue weighted by atomic mass is 9.32. The van der Waals surface area contributed by atoms with Gasteiger partial charge in [0.15, 0.2) is 0 Å². The quantitative estimate of drug-likeness (QED) is 0.129. The van der Waals surface area contributed by atoms with Crippen LogP contribution in [0.15, 0.2) is 103 Å². The van der Waals surface area contributed by atoms with Gasteiger partial charge in [0.2, 0.25) is 0 Å². The van der Waals surface area contributed by atoms with Crippen molar-refractivity contribution in [3.05, 3.63) is 114 Å². The molecule has 5 aliphatic rings. The molecule has 0 aromatic heterocycles. The number of allylic oxidation sites excluding steroid dienone is 3. The van der Waals surface area contributed by atoms with Crippen molar-refractivity contribution in [3.8, 4) is 0 Å². The first-order valence-corrected chi connectivity index (χ1v) is 24.6. The van der Waals surface area contributed by atoms with Gasteiger partial charge in [0.1, 0.15) is 0 Å². The largest absolute Gasteiger partial charge is 0.465 e. The van der Waals surface area contributed by atoms with E-state index in [9.17, 15) is 4.79 Å². The van der Waals surface area contributed by atoms with Crippen LogP contribution in [-0.4, -0.2) is 28.0 Å². The Bertz CT molecular complexity index is 2000. The van der Waals surface area contributed by atoms with E-state index in [4.69, 9.17) is 15.7 Å². The lowest BCUT2D eigenvalue weighted by Gasteiger charge is -2.72. The zero-order chi connectivity index (χ0) is 41.5. The van der Waals surface area contributed by atoms with Crippen molar-refractivity contribution in [2.45, 2.75) is 125 Å². The molecule has 0 aliphatic heterocycles. The Hall–Kier alpha value is -3.21. The molecule has 3 nitrogen and oxygen atoms in total. The molecule has 58 heavy (non-hydrogen) atoms. The Balaban J connectivity index is 1.13. The van der Waals surface area contributed by atoms with Crippen LogP contribution in [0.3, 0.4) is 0 Å². The van der Waals surface area contributed by atoms with E-state index in [1.54, 1.807) is 0 Å². The lowest BCUT2D eigenvalue weighted by molar-refractivity contribution is -0.227. The summed E-state index contributed by atoms with van der Waals surface area (Å²) in [5.41, 5.74) is 5.71. The molecule has 0 heterocycles. The zero-order valence-corrected chi connectivity index (χ0v) is 38.5. The first-order valence-electron chi connectivity index (χ1n) is 22.7. The second-order valence-electron chi connectivity index (χ2n) is 22.1. The van der Waals surface area contributed by atoms with E-state index in [-0.39, 0.29) is 38.1 Å². The number of carbonyl (C=O) groups excluding carboxylic acids is 1. The van der Waals surface area contributed by atoms with Gasteiger partial charge in [0.05, 0.1) is 12.7 Å². The maximum absolute atomic E-state index is 12.2. The molecule has 9 atom stereocenters. The molecule has 5 aliphatic carbocycles. The summed E-state index contributed by atoms with van der Waals surface area (Å²) in [7, 11) is -1.23. The number of hydrogen-bond acceptors (Lipinski definition) is 3. The van der Waals surface area contributed by atoms with Gasteiger partial charge in [-0.3, -0.25) is 0 Å². The van der Waals surface area contributed by atoms with Crippen LogP contribution >= 0.6 is 0 Å². The molecule has 0 radical (unpaired) electrons. The summed E-state index contributed by atoms with van der Waals surface area (Å²) in [5.74, 6) is 2.85. The molecular weight excluding hydrogens is 725 g/mol. The molecule has 0 spiro atoms. The Kier molecular flexibility index (Phi) is 10.4. The fraction of sp³-hybridized carbons (Fsp3) is 0.574. The number of benzene rings is 3. The molecule has 3 aromatic rings. The number of ether oxygens (including phenoxy) is 1. The molecule has 4 saturated carbocycles. The predicted molar refractivity (Wildman–Crippen MR) is 244 cm³/mol. The van der Waals surface area contributed by atoms with Crippen molar-refractivity contribution in [1.82, 2.24) is 0 Å². The van der Waals surface area contributed by atoms with Crippen LogP contribution < -0.4 is 10.4 Å². The van der Waals surface area contributed by atoms with Crippen molar-refractivity contribution in [3.63, 3.8) is 0 Å². The summed E-state index contributed by atoms with van der Waals surface area (Å²) in [6.45, 7) is 28.5. The van der Waals surface area contributed by atoms with Gasteiger partial charge in [-0.15, -0.1) is 0 Å². The second kappa shape index (κ2) is 14.5. The van der Waals surface area contributed by atoms with Crippen LogP contribution in [0.1, 0.15) is 136 Å². The minimum atomic E-state index is -2.68. The molecule has 0 saturated heterocycles. The Morgan fingerprint density at radius 3 is 1.95 bits per heavy atom. The summed E-state index contributed by atoms with van der Waals surface area (Å²) in [6.07, 6.45) is 14.0. The van der Waals surface area contributed by atoms with Gasteiger partial charge in [-0.1, -0.05) is 146 Å². The van der Waals surface area contributed by atoms with E-state index < -0.39 is 8.32 Å². The van der Waals surface area contributed by atoms with E-state index >= 15 is 0 Å². The summed E-state index contributed by atoms with van der Waals surface area (Å²) in [4.78, 5) is 12.2. The van der Waals surface area contributed by atoms with Gasteiger partial charge < -0.3 is 9.16 Å². The normalized spacial score (nSPS) is 35.4. The summed E-state index contributed by atoms with van der Waals surface area (Å²) < 4.78 is 12.9. The molecule has 0 N–H and O–H groups in total. The fourth-order valence-corrected chi connectivity index (χ4v) is 20.2. The van der Waals surface area contributed by atoms with Crippen LogP contribution in [0.2, 0.25) is 5.04 Å². The maximum atomic E-state index is 12.2. The average molecular weight is 797 g/mol. The highest BCUT2D eigenvalue weighted by Gasteiger charge is 2.70. The highest BCUT2D eigenvalue weighted by atomic mass is 28.4. The zero-order valence-electron chi connectivity index (χ0n) is 37.5. The molecule has 0 bridgehead atoms.